The molecule has 1 aromatic heterocycles. The molecule has 2 N–H and O–H groups in total. The van der Waals surface area contributed by atoms with Gasteiger partial charge in [0.25, 0.3) is 5.91 Å². The van der Waals surface area contributed by atoms with Crippen LogP contribution in [0.1, 0.15) is 41.3 Å². The zero-order valence-corrected chi connectivity index (χ0v) is 18.3. The van der Waals surface area contributed by atoms with Crippen molar-refractivity contribution >= 4 is 22.6 Å². The molecule has 0 aliphatic heterocycles. The van der Waals surface area contributed by atoms with Crippen LogP contribution in [0, 0.1) is 11.3 Å². The van der Waals surface area contributed by atoms with Gasteiger partial charge in [0.05, 0.1) is 23.8 Å². The summed E-state index contributed by atoms with van der Waals surface area (Å²) in [6, 6.07) is 22.0. The molecule has 7 nitrogen and oxygen atoms in total. The molecule has 3 aromatic carbocycles. The van der Waals surface area contributed by atoms with Gasteiger partial charge in [-0.25, -0.2) is 0 Å². The second-order valence-corrected chi connectivity index (χ2v) is 7.52. The largest absolute Gasteiger partial charge is 0.494 e. The van der Waals surface area contributed by atoms with E-state index in [-0.39, 0.29) is 12.5 Å². The number of aromatic nitrogens is 2. The van der Waals surface area contributed by atoms with Crippen LogP contribution in [0.25, 0.3) is 10.9 Å². The van der Waals surface area contributed by atoms with E-state index in [0.29, 0.717) is 29.3 Å². The van der Waals surface area contributed by atoms with Crippen LogP contribution < -0.4 is 14.8 Å². The third kappa shape index (κ3) is 5.31. The zero-order valence-electron chi connectivity index (χ0n) is 18.3. The third-order valence-corrected chi connectivity index (χ3v) is 5.18. The number of aromatic amines is 1. The van der Waals surface area contributed by atoms with Crippen LogP contribution in [0.5, 0.6) is 11.5 Å². The van der Waals surface area contributed by atoms with Gasteiger partial charge in [-0.1, -0.05) is 31.5 Å². The Balaban J connectivity index is 1.45. The van der Waals surface area contributed by atoms with E-state index in [1.54, 1.807) is 30.3 Å². The number of carbonyl (C=O) groups excluding carboxylic acids is 1. The lowest BCUT2D eigenvalue weighted by Gasteiger charge is -2.08. The van der Waals surface area contributed by atoms with Gasteiger partial charge in [-0.15, -0.1) is 0 Å². The Morgan fingerprint density at radius 2 is 1.85 bits per heavy atom. The second-order valence-electron chi connectivity index (χ2n) is 7.52. The van der Waals surface area contributed by atoms with Crippen molar-refractivity contribution in [2.75, 3.05) is 11.9 Å². The van der Waals surface area contributed by atoms with Gasteiger partial charge in [-0.2, -0.15) is 10.4 Å². The maximum Gasteiger partial charge on any atom is 0.256 e. The minimum Gasteiger partial charge on any atom is -0.494 e. The van der Waals surface area contributed by atoms with Crippen molar-refractivity contribution in [2.45, 2.75) is 26.4 Å². The van der Waals surface area contributed by atoms with Gasteiger partial charge >= 0.3 is 0 Å². The number of hydrogen-bond donors (Lipinski definition) is 2. The fourth-order valence-electron chi connectivity index (χ4n) is 3.31. The Morgan fingerprint density at radius 3 is 2.64 bits per heavy atom. The first-order valence-corrected chi connectivity index (χ1v) is 10.8. The number of fused-ring (bicyclic) bond motifs is 1. The molecular weight excluding hydrogens is 416 g/mol. The molecule has 0 fully saturated rings. The number of nitrogens with zero attached hydrogens (tertiary/aromatic N) is 2. The summed E-state index contributed by atoms with van der Waals surface area (Å²) in [6.07, 6.45) is 2.06. The Morgan fingerprint density at radius 1 is 1.06 bits per heavy atom. The Bertz CT molecular complexity index is 1290. The second kappa shape index (κ2) is 10.3. The monoisotopic (exact) mass is 440 g/mol. The summed E-state index contributed by atoms with van der Waals surface area (Å²) < 4.78 is 11.5. The van der Waals surface area contributed by atoms with Crippen LogP contribution in [0.3, 0.4) is 0 Å². The first-order chi connectivity index (χ1) is 16.2. The molecule has 0 saturated carbocycles. The highest BCUT2D eigenvalue weighted by molar-refractivity contribution is 6.08. The predicted molar refractivity (Wildman–Crippen MR) is 126 cm³/mol. The van der Waals surface area contributed by atoms with Crippen LogP contribution >= 0.6 is 0 Å². The molecule has 0 aliphatic rings. The third-order valence-electron chi connectivity index (χ3n) is 5.18. The molecule has 1 heterocycles. The highest BCUT2D eigenvalue weighted by Gasteiger charge is 2.13. The van der Waals surface area contributed by atoms with Crippen LogP contribution in [0.4, 0.5) is 5.82 Å². The predicted octanol–water partition coefficient (Wildman–Crippen LogP) is 5.44. The molecule has 0 aliphatic carbocycles. The van der Waals surface area contributed by atoms with Crippen LogP contribution in [-0.2, 0) is 6.61 Å². The van der Waals surface area contributed by atoms with Crippen molar-refractivity contribution in [2.24, 2.45) is 0 Å². The summed E-state index contributed by atoms with van der Waals surface area (Å²) in [4.78, 5) is 12.7. The van der Waals surface area contributed by atoms with Crippen LogP contribution in [-0.4, -0.2) is 22.7 Å². The number of nitriles is 1. The van der Waals surface area contributed by atoms with Crippen molar-refractivity contribution in [3.8, 4) is 17.6 Å². The highest BCUT2D eigenvalue weighted by Crippen LogP contribution is 2.26. The van der Waals surface area contributed by atoms with Gasteiger partial charge in [-0.05, 0) is 55.0 Å². The van der Waals surface area contributed by atoms with E-state index in [1.807, 2.05) is 36.4 Å². The van der Waals surface area contributed by atoms with Crippen LogP contribution in [0.15, 0.2) is 66.7 Å². The SMILES string of the molecule is CCCCOc1ccc(C(=O)Nc2n[nH]c3ccc(OCc4ccccc4C#N)cc23)cc1. The summed E-state index contributed by atoms with van der Waals surface area (Å²) in [5, 5.41) is 20.0. The summed E-state index contributed by atoms with van der Waals surface area (Å²) >= 11 is 0. The summed E-state index contributed by atoms with van der Waals surface area (Å²) in [7, 11) is 0. The molecule has 0 spiro atoms. The quantitative estimate of drug-likeness (QED) is 0.337. The summed E-state index contributed by atoms with van der Waals surface area (Å²) in [5.41, 5.74) is 2.67. The van der Waals surface area contributed by atoms with Crippen molar-refractivity contribution in [1.82, 2.24) is 10.2 Å². The number of unbranched alkanes of at least 4 members (excludes halogenated alkanes) is 1. The van der Waals surface area contributed by atoms with Gasteiger partial charge in [0, 0.05) is 16.5 Å². The van der Waals surface area contributed by atoms with Crippen molar-refractivity contribution in [3.05, 3.63) is 83.4 Å². The number of ether oxygens (including phenoxy) is 2. The first kappa shape index (κ1) is 21.9. The molecule has 0 unspecified atom stereocenters. The number of rotatable bonds is 9. The number of anilines is 1. The maximum absolute atomic E-state index is 12.7. The molecule has 0 saturated heterocycles. The molecule has 4 rings (SSSR count). The van der Waals surface area contributed by atoms with Gasteiger partial charge in [0.15, 0.2) is 5.82 Å². The highest BCUT2D eigenvalue weighted by atomic mass is 16.5. The molecule has 7 heteroatoms. The van der Waals surface area contributed by atoms with E-state index in [0.717, 1.165) is 35.1 Å². The number of benzene rings is 3. The number of carbonyl (C=O) groups is 1. The van der Waals surface area contributed by atoms with Crippen molar-refractivity contribution < 1.29 is 14.3 Å². The van der Waals surface area contributed by atoms with Crippen molar-refractivity contribution in [1.29, 1.82) is 5.26 Å². The number of hydrogen-bond acceptors (Lipinski definition) is 5. The van der Waals surface area contributed by atoms with E-state index in [2.05, 4.69) is 28.5 Å². The molecule has 0 radical (unpaired) electrons. The van der Waals surface area contributed by atoms with Crippen molar-refractivity contribution in [3.63, 3.8) is 0 Å². The van der Waals surface area contributed by atoms with Gasteiger partial charge in [-0.3, -0.25) is 9.89 Å². The van der Waals surface area contributed by atoms with E-state index < -0.39 is 0 Å². The smallest absolute Gasteiger partial charge is 0.256 e. The van der Waals surface area contributed by atoms with E-state index in [4.69, 9.17) is 9.47 Å². The first-order valence-electron chi connectivity index (χ1n) is 10.8. The molecule has 1 amide bonds. The van der Waals surface area contributed by atoms with Gasteiger partial charge in [0.1, 0.15) is 18.1 Å². The van der Waals surface area contributed by atoms with Crippen LogP contribution in [0.2, 0.25) is 0 Å². The molecule has 0 bridgehead atoms. The standard InChI is InChI=1S/C26H24N4O3/c1-2-3-14-32-21-10-8-18(9-11-21)26(31)28-25-23-15-22(12-13-24(23)29-30-25)33-17-20-7-5-4-6-19(20)16-27/h4-13,15H,2-3,14,17H2,1H3,(H2,28,29,30,31). The Hall–Kier alpha value is -4.31. The molecule has 4 aromatic rings. The minimum atomic E-state index is -0.266. The molecular formula is C26H24N4O3. The normalized spacial score (nSPS) is 10.5. The fraction of sp³-hybridized carbons (Fsp3) is 0.192. The fourth-order valence-corrected chi connectivity index (χ4v) is 3.31. The zero-order chi connectivity index (χ0) is 23.0. The molecule has 33 heavy (non-hydrogen) atoms. The number of amides is 1. The lowest BCUT2D eigenvalue weighted by atomic mass is 10.1. The Labute approximate surface area is 192 Å². The number of nitrogens with one attached hydrogen (secondary N) is 2. The summed E-state index contributed by atoms with van der Waals surface area (Å²) in [6.45, 7) is 3.04. The average molecular weight is 441 g/mol. The van der Waals surface area contributed by atoms with E-state index >= 15 is 0 Å². The number of H-pyrrole nitrogens is 1. The van der Waals surface area contributed by atoms with Gasteiger partial charge < -0.3 is 14.8 Å². The lowest BCUT2D eigenvalue weighted by molar-refractivity contribution is 0.102. The average Bonchev–Trinajstić information content (AvgIpc) is 3.25. The molecule has 0 atom stereocenters. The van der Waals surface area contributed by atoms with E-state index in [1.165, 1.54) is 0 Å². The maximum atomic E-state index is 12.7. The minimum absolute atomic E-state index is 0.265. The molecule has 166 valence electrons. The van der Waals surface area contributed by atoms with Gasteiger partial charge in [0.2, 0.25) is 0 Å². The van der Waals surface area contributed by atoms with E-state index in [9.17, 15) is 10.1 Å². The topological polar surface area (TPSA) is 100 Å². The lowest BCUT2D eigenvalue weighted by Crippen LogP contribution is -2.12. The summed E-state index contributed by atoms with van der Waals surface area (Å²) in [5.74, 6) is 1.50. The Kier molecular flexibility index (Phi) is 6.86.